The Morgan fingerprint density at radius 2 is 2.05 bits per heavy atom. The van der Waals surface area contributed by atoms with Crippen molar-refractivity contribution in [1.82, 2.24) is 19.9 Å². The Kier molecular flexibility index (Phi) is 6.13. The van der Waals surface area contributed by atoms with Crippen LogP contribution in [-0.4, -0.2) is 55.7 Å². The van der Waals surface area contributed by atoms with Crippen molar-refractivity contribution in [2.75, 3.05) is 19.6 Å². The zero-order chi connectivity index (χ0) is 13.0. The van der Waals surface area contributed by atoms with Crippen LogP contribution in [0.4, 0.5) is 5.82 Å². The Morgan fingerprint density at radius 1 is 1.37 bits per heavy atom. The summed E-state index contributed by atoms with van der Waals surface area (Å²) < 4.78 is 1.31. The fourth-order valence-electron chi connectivity index (χ4n) is 2.17. The third-order valence-corrected chi connectivity index (χ3v) is 3.03. The van der Waals surface area contributed by atoms with Gasteiger partial charge in [-0.05, 0) is 30.9 Å². The standard InChI is InChI=1S/C10H17N5O3.ClH/c16-9(6-13-4-2-1-3-5-13)7-14-8-10(11-12-14)15(17)18;/h8-9,16H,1-7H2;1H. The Balaban J connectivity index is 0.00000180. The van der Waals surface area contributed by atoms with Crippen LogP contribution in [0.2, 0.25) is 0 Å². The van der Waals surface area contributed by atoms with Gasteiger partial charge in [0, 0.05) is 6.54 Å². The molecule has 0 bridgehead atoms. The highest BCUT2D eigenvalue weighted by molar-refractivity contribution is 5.85. The normalized spacial score (nSPS) is 17.7. The molecule has 1 saturated heterocycles. The van der Waals surface area contributed by atoms with Gasteiger partial charge in [-0.1, -0.05) is 6.42 Å². The first kappa shape index (κ1) is 15.8. The van der Waals surface area contributed by atoms with Gasteiger partial charge < -0.3 is 20.1 Å². The van der Waals surface area contributed by atoms with Crippen molar-refractivity contribution >= 4 is 18.2 Å². The molecule has 1 aromatic heterocycles. The number of nitrogens with zero attached hydrogens (tertiary/aromatic N) is 5. The van der Waals surface area contributed by atoms with E-state index in [1.807, 2.05) is 0 Å². The van der Waals surface area contributed by atoms with Gasteiger partial charge in [-0.3, -0.25) is 0 Å². The highest BCUT2D eigenvalue weighted by Gasteiger charge is 2.18. The summed E-state index contributed by atoms with van der Waals surface area (Å²) in [6.45, 7) is 2.83. The lowest BCUT2D eigenvalue weighted by molar-refractivity contribution is -0.389. The van der Waals surface area contributed by atoms with Crippen molar-refractivity contribution < 1.29 is 10.0 Å². The molecule has 0 aromatic carbocycles. The molecule has 2 heterocycles. The highest BCUT2D eigenvalue weighted by Crippen LogP contribution is 2.10. The first-order valence-electron chi connectivity index (χ1n) is 6.10. The van der Waals surface area contributed by atoms with E-state index >= 15 is 0 Å². The van der Waals surface area contributed by atoms with E-state index < -0.39 is 11.0 Å². The van der Waals surface area contributed by atoms with E-state index in [1.165, 1.54) is 30.1 Å². The third-order valence-electron chi connectivity index (χ3n) is 3.03. The van der Waals surface area contributed by atoms with Gasteiger partial charge in [0.05, 0.1) is 17.9 Å². The zero-order valence-electron chi connectivity index (χ0n) is 10.5. The van der Waals surface area contributed by atoms with Crippen molar-refractivity contribution in [1.29, 1.82) is 0 Å². The van der Waals surface area contributed by atoms with Crippen LogP contribution in [0.15, 0.2) is 6.20 Å². The summed E-state index contributed by atoms with van der Waals surface area (Å²) in [7, 11) is 0. The largest absolute Gasteiger partial charge is 0.410 e. The molecule has 0 radical (unpaired) electrons. The molecular formula is C10H18ClN5O3. The molecule has 8 nitrogen and oxygen atoms in total. The smallest absolute Gasteiger partial charge is 0.390 e. The Hall–Kier alpha value is -1.25. The molecular weight excluding hydrogens is 274 g/mol. The van der Waals surface area contributed by atoms with Gasteiger partial charge in [0.15, 0.2) is 0 Å². The molecule has 1 atom stereocenters. The SMILES string of the molecule is Cl.O=[N+]([O-])c1cn(CC(O)CN2CCCCC2)nn1. The number of likely N-dealkylation sites (tertiary alicyclic amines) is 1. The van der Waals surface area contributed by atoms with E-state index in [4.69, 9.17) is 0 Å². The van der Waals surface area contributed by atoms with Crippen LogP contribution in [0.1, 0.15) is 19.3 Å². The molecule has 0 amide bonds. The predicted octanol–water partition coefficient (Wildman–Crippen LogP) is 0.455. The quantitative estimate of drug-likeness (QED) is 0.625. The van der Waals surface area contributed by atoms with Crippen molar-refractivity contribution in [3.8, 4) is 0 Å². The molecule has 1 aromatic rings. The number of aliphatic hydroxyl groups excluding tert-OH is 1. The van der Waals surface area contributed by atoms with Crippen LogP contribution in [0, 0.1) is 10.1 Å². The molecule has 1 unspecified atom stereocenters. The third kappa shape index (κ3) is 4.73. The zero-order valence-corrected chi connectivity index (χ0v) is 11.3. The van der Waals surface area contributed by atoms with E-state index in [9.17, 15) is 15.2 Å². The molecule has 1 aliphatic heterocycles. The van der Waals surface area contributed by atoms with Gasteiger partial charge in [-0.2, -0.15) is 0 Å². The minimum Gasteiger partial charge on any atom is -0.390 e. The fraction of sp³-hybridized carbons (Fsp3) is 0.800. The van der Waals surface area contributed by atoms with Crippen molar-refractivity contribution in [2.24, 2.45) is 0 Å². The fourth-order valence-corrected chi connectivity index (χ4v) is 2.17. The number of aromatic nitrogens is 3. The molecule has 9 heteroatoms. The number of β-amino-alcohol motifs (C(OH)–C–C–N with tert-alkyl or cyclic N) is 1. The van der Waals surface area contributed by atoms with Crippen LogP contribution in [0.3, 0.4) is 0 Å². The van der Waals surface area contributed by atoms with Crippen LogP contribution < -0.4 is 0 Å². The first-order valence-corrected chi connectivity index (χ1v) is 6.10. The maximum atomic E-state index is 10.4. The highest BCUT2D eigenvalue weighted by atomic mass is 35.5. The summed E-state index contributed by atoms with van der Waals surface area (Å²) in [5.41, 5.74) is 0. The van der Waals surface area contributed by atoms with Gasteiger partial charge in [-0.15, -0.1) is 12.4 Å². The Bertz CT molecular complexity index is 408. The number of rotatable bonds is 5. The molecule has 19 heavy (non-hydrogen) atoms. The number of halogens is 1. The number of piperidine rings is 1. The topological polar surface area (TPSA) is 97.3 Å². The van der Waals surface area contributed by atoms with Crippen LogP contribution in [0.5, 0.6) is 0 Å². The van der Waals surface area contributed by atoms with Crippen LogP contribution >= 0.6 is 12.4 Å². The van der Waals surface area contributed by atoms with E-state index in [1.54, 1.807) is 0 Å². The van der Waals surface area contributed by atoms with Gasteiger partial charge in [0.1, 0.15) is 11.3 Å². The van der Waals surface area contributed by atoms with Gasteiger partial charge >= 0.3 is 5.82 Å². The summed E-state index contributed by atoms with van der Waals surface area (Å²) in [6, 6.07) is 0. The minimum atomic E-state index is -0.597. The second-order valence-corrected chi connectivity index (χ2v) is 4.57. The lowest BCUT2D eigenvalue weighted by Gasteiger charge is -2.28. The number of aliphatic hydroxyl groups is 1. The maximum absolute atomic E-state index is 10.4. The van der Waals surface area contributed by atoms with Gasteiger partial charge in [-0.25, -0.2) is 4.68 Å². The summed E-state index contributed by atoms with van der Waals surface area (Å²) in [5, 5.41) is 27.4. The average molecular weight is 292 g/mol. The van der Waals surface area contributed by atoms with Crippen molar-refractivity contribution in [3.05, 3.63) is 16.3 Å². The van der Waals surface area contributed by atoms with E-state index in [-0.39, 0.29) is 24.8 Å². The Morgan fingerprint density at radius 3 is 2.63 bits per heavy atom. The van der Waals surface area contributed by atoms with Gasteiger partial charge in [0.2, 0.25) is 0 Å². The van der Waals surface area contributed by atoms with Crippen LogP contribution in [0.25, 0.3) is 0 Å². The van der Waals surface area contributed by atoms with E-state index in [0.717, 1.165) is 13.1 Å². The van der Waals surface area contributed by atoms with Crippen LogP contribution in [-0.2, 0) is 6.54 Å². The molecule has 1 fully saturated rings. The molecule has 108 valence electrons. The molecule has 0 saturated carbocycles. The molecule has 0 spiro atoms. The Labute approximate surface area is 117 Å². The number of hydrogen-bond acceptors (Lipinski definition) is 6. The first-order chi connectivity index (χ1) is 8.65. The molecule has 2 rings (SSSR count). The maximum Gasteiger partial charge on any atom is 0.410 e. The predicted molar refractivity (Wildman–Crippen MR) is 70.2 cm³/mol. The second-order valence-electron chi connectivity index (χ2n) is 4.57. The van der Waals surface area contributed by atoms with E-state index in [2.05, 4.69) is 15.2 Å². The molecule has 0 aliphatic carbocycles. The lowest BCUT2D eigenvalue weighted by atomic mass is 10.1. The summed E-state index contributed by atoms with van der Waals surface area (Å²) in [4.78, 5) is 12.0. The average Bonchev–Trinajstić information content (AvgIpc) is 2.78. The minimum absolute atomic E-state index is 0. The molecule has 1 aliphatic rings. The number of nitro groups is 1. The summed E-state index contributed by atoms with van der Waals surface area (Å²) in [6.07, 6.45) is 4.24. The lowest BCUT2D eigenvalue weighted by Crippen LogP contribution is -2.38. The summed E-state index contributed by atoms with van der Waals surface area (Å²) >= 11 is 0. The van der Waals surface area contributed by atoms with E-state index in [0.29, 0.717) is 6.54 Å². The number of hydrogen-bond donors (Lipinski definition) is 1. The second kappa shape index (κ2) is 7.37. The molecule has 1 N–H and O–H groups in total. The summed E-state index contributed by atoms with van der Waals surface area (Å²) in [5.74, 6) is -0.292. The monoisotopic (exact) mass is 291 g/mol. The van der Waals surface area contributed by atoms with Crippen molar-refractivity contribution in [2.45, 2.75) is 31.9 Å². The van der Waals surface area contributed by atoms with Crippen molar-refractivity contribution in [3.63, 3.8) is 0 Å². The van der Waals surface area contributed by atoms with Gasteiger partial charge in [0.25, 0.3) is 0 Å².